The zero-order valence-corrected chi connectivity index (χ0v) is 15.4. The summed E-state index contributed by atoms with van der Waals surface area (Å²) in [7, 11) is 2.92. The molecule has 0 bridgehead atoms. The van der Waals surface area contributed by atoms with Gasteiger partial charge in [0.05, 0.1) is 5.71 Å². The maximum Gasteiger partial charge on any atom is 0.460 e. The van der Waals surface area contributed by atoms with Gasteiger partial charge in [0.2, 0.25) is 0 Å². The van der Waals surface area contributed by atoms with E-state index in [1.807, 2.05) is 0 Å². The summed E-state index contributed by atoms with van der Waals surface area (Å²) in [6, 6.07) is 0. The van der Waals surface area contributed by atoms with E-state index < -0.39 is 29.8 Å². The zero-order valence-electron chi connectivity index (χ0n) is 15.4. The van der Waals surface area contributed by atoms with Gasteiger partial charge in [-0.15, -0.1) is 0 Å². The highest BCUT2D eigenvalue weighted by molar-refractivity contribution is 6.06. The number of carbonyl (C=O) groups excluding carboxylic acids is 2. The molecule has 1 aromatic rings. The molecule has 0 saturated heterocycles. The van der Waals surface area contributed by atoms with Gasteiger partial charge < -0.3 is 9.32 Å². The van der Waals surface area contributed by atoms with Gasteiger partial charge in [0.15, 0.2) is 5.76 Å². The normalized spacial score (nSPS) is 16.6. The van der Waals surface area contributed by atoms with Gasteiger partial charge >= 0.3 is 23.9 Å². The van der Waals surface area contributed by atoms with Gasteiger partial charge in [-0.3, -0.25) is 9.59 Å². The summed E-state index contributed by atoms with van der Waals surface area (Å²) in [4.78, 5) is 24.7. The zero-order chi connectivity index (χ0) is 22.4. The predicted molar refractivity (Wildman–Crippen MR) is 85.0 cm³/mol. The Morgan fingerprint density at radius 3 is 2.17 bits per heavy atom. The molecule has 2 rings (SSSR count). The summed E-state index contributed by atoms with van der Waals surface area (Å²) < 4.78 is 94.7. The Labute approximate surface area is 159 Å². The number of aryl methyl sites for hydroxylation is 1. The summed E-state index contributed by atoms with van der Waals surface area (Å²) in [6.07, 6.45) is -5.84. The number of carbonyl (C=O) groups is 2. The molecular formula is C16H16F7N3O3. The maximum absolute atomic E-state index is 13.4. The van der Waals surface area contributed by atoms with Crippen LogP contribution in [0.2, 0.25) is 0 Å². The number of hydrogen-bond acceptors (Lipinski definition) is 4. The second kappa shape index (κ2) is 7.34. The monoisotopic (exact) mass is 431 g/mol. The average molecular weight is 431 g/mol. The highest BCUT2D eigenvalue weighted by Crippen LogP contribution is 2.46. The number of rotatable bonds is 4. The molecule has 1 aliphatic rings. The van der Waals surface area contributed by atoms with E-state index in [1.54, 1.807) is 0 Å². The molecule has 0 atom stereocenters. The van der Waals surface area contributed by atoms with Crippen molar-refractivity contribution in [3.05, 3.63) is 22.6 Å². The van der Waals surface area contributed by atoms with Gasteiger partial charge in [0.25, 0.3) is 5.91 Å². The predicted octanol–water partition coefficient (Wildman–Crippen LogP) is 3.28. The van der Waals surface area contributed by atoms with E-state index in [1.165, 1.54) is 25.9 Å². The molecule has 6 nitrogen and oxygen atoms in total. The minimum absolute atomic E-state index is 0.0603. The number of halogens is 7. The molecule has 2 amide bonds. The Balaban J connectivity index is 2.35. The smallest absolute Gasteiger partial charge is 0.455 e. The SMILES string of the molecule is Cc1c(C(=O)N(C)C)oc2c1/C(=N/NC(=O)C(F)(F)C(F)(F)C(F)(F)F)CCC2. The lowest BCUT2D eigenvalue weighted by Crippen LogP contribution is -2.58. The second-order valence-electron chi connectivity index (χ2n) is 6.55. The first-order chi connectivity index (χ1) is 13.1. The molecule has 0 saturated carbocycles. The quantitative estimate of drug-likeness (QED) is 0.588. The number of alkyl halides is 7. The number of hydrogen-bond donors (Lipinski definition) is 1. The van der Waals surface area contributed by atoms with E-state index in [2.05, 4.69) is 5.10 Å². The molecule has 13 heteroatoms. The molecule has 29 heavy (non-hydrogen) atoms. The van der Waals surface area contributed by atoms with Gasteiger partial charge in [-0.05, 0) is 19.8 Å². The first-order valence-corrected chi connectivity index (χ1v) is 8.16. The molecule has 162 valence electrons. The van der Waals surface area contributed by atoms with Crippen molar-refractivity contribution in [3.8, 4) is 0 Å². The molecule has 1 aliphatic carbocycles. The highest BCUT2D eigenvalue weighted by atomic mass is 19.4. The minimum atomic E-state index is -6.64. The average Bonchev–Trinajstić information content (AvgIpc) is 2.95. The van der Waals surface area contributed by atoms with Gasteiger partial charge in [-0.1, -0.05) is 0 Å². The van der Waals surface area contributed by atoms with Crippen molar-refractivity contribution >= 4 is 17.5 Å². The third-order valence-electron chi connectivity index (χ3n) is 4.25. The molecule has 0 aliphatic heterocycles. The van der Waals surface area contributed by atoms with Crippen LogP contribution in [0.25, 0.3) is 0 Å². The maximum atomic E-state index is 13.4. The Morgan fingerprint density at radius 1 is 1.07 bits per heavy atom. The van der Waals surface area contributed by atoms with Crippen molar-refractivity contribution in [2.24, 2.45) is 5.10 Å². The van der Waals surface area contributed by atoms with Crippen LogP contribution in [0.4, 0.5) is 30.7 Å². The van der Waals surface area contributed by atoms with Crippen LogP contribution < -0.4 is 5.43 Å². The summed E-state index contributed by atoms with van der Waals surface area (Å²) >= 11 is 0. The fourth-order valence-corrected chi connectivity index (χ4v) is 2.70. The molecule has 0 unspecified atom stereocenters. The second-order valence-corrected chi connectivity index (χ2v) is 6.55. The third kappa shape index (κ3) is 3.81. The van der Waals surface area contributed by atoms with Crippen molar-refractivity contribution in [2.45, 2.75) is 44.2 Å². The fourth-order valence-electron chi connectivity index (χ4n) is 2.70. The van der Waals surface area contributed by atoms with E-state index in [9.17, 15) is 40.3 Å². The Morgan fingerprint density at radius 2 is 1.66 bits per heavy atom. The van der Waals surface area contributed by atoms with Crippen LogP contribution in [-0.4, -0.2) is 54.5 Å². The van der Waals surface area contributed by atoms with Crippen LogP contribution in [0.15, 0.2) is 9.52 Å². The molecule has 1 aromatic heterocycles. The third-order valence-corrected chi connectivity index (χ3v) is 4.25. The standard InChI is InChI=1S/C16H16F7N3O3/c1-7-10-8(5-4-6-9(10)29-11(7)12(27)26(2)3)24-25-13(28)14(17,18)15(19,20)16(21,22)23/h4-6H2,1-3H3,(H,25,28)/b24-8+. The summed E-state index contributed by atoms with van der Waals surface area (Å²) in [5.41, 5.74) is 1.50. The van der Waals surface area contributed by atoms with Crippen LogP contribution in [-0.2, 0) is 11.2 Å². The van der Waals surface area contributed by atoms with Crippen LogP contribution in [0, 0.1) is 6.92 Å². The number of nitrogens with zero attached hydrogens (tertiary/aromatic N) is 2. The Hall–Kier alpha value is -2.60. The van der Waals surface area contributed by atoms with Gasteiger partial charge in [-0.2, -0.15) is 35.8 Å². The fraction of sp³-hybridized carbons (Fsp3) is 0.562. The largest absolute Gasteiger partial charge is 0.460 e. The molecule has 0 aromatic carbocycles. The van der Waals surface area contributed by atoms with Crippen LogP contribution in [0.3, 0.4) is 0 Å². The Kier molecular flexibility index (Phi) is 5.74. The highest BCUT2D eigenvalue weighted by Gasteiger charge is 2.76. The molecular weight excluding hydrogens is 415 g/mol. The number of amides is 2. The summed E-state index contributed by atoms with van der Waals surface area (Å²) in [5.74, 6) is -15.9. The molecule has 1 heterocycles. The van der Waals surface area contributed by atoms with Gasteiger partial charge in [0, 0.05) is 31.6 Å². The molecule has 0 spiro atoms. The number of hydrazone groups is 1. The van der Waals surface area contributed by atoms with Crippen molar-refractivity contribution in [1.29, 1.82) is 0 Å². The van der Waals surface area contributed by atoms with E-state index in [4.69, 9.17) is 4.42 Å². The molecule has 1 N–H and O–H groups in total. The van der Waals surface area contributed by atoms with Crippen LogP contribution >= 0.6 is 0 Å². The Bertz CT molecular complexity index is 857. The van der Waals surface area contributed by atoms with Crippen LogP contribution in [0.1, 0.15) is 40.3 Å². The van der Waals surface area contributed by atoms with E-state index in [0.717, 1.165) is 5.43 Å². The molecule has 0 radical (unpaired) electrons. The first kappa shape index (κ1) is 22.7. The van der Waals surface area contributed by atoms with Crippen molar-refractivity contribution in [2.75, 3.05) is 14.1 Å². The van der Waals surface area contributed by atoms with Gasteiger partial charge in [0.1, 0.15) is 5.76 Å². The lowest BCUT2D eigenvalue weighted by molar-refractivity contribution is -0.344. The van der Waals surface area contributed by atoms with E-state index in [0.29, 0.717) is 12.8 Å². The summed E-state index contributed by atoms with van der Waals surface area (Å²) in [6.45, 7) is 1.47. The van der Waals surface area contributed by atoms with E-state index in [-0.39, 0.29) is 34.8 Å². The topological polar surface area (TPSA) is 74.9 Å². The van der Waals surface area contributed by atoms with Crippen molar-refractivity contribution < 1.29 is 44.7 Å². The summed E-state index contributed by atoms with van der Waals surface area (Å²) in [5, 5.41) is 3.32. The number of furan rings is 1. The van der Waals surface area contributed by atoms with Gasteiger partial charge in [-0.25, -0.2) is 5.43 Å². The number of fused-ring (bicyclic) bond motifs is 1. The van der Waals surface area contributed by atoms with E-state index >= 15 is 0 Å². The number of nitrogens with one attached hydrogen (secondary N) is 1. The lowest BCUT2D eigenvalue weighted by atomic mass is 9.93. The lowest BCUT2D eigenvalue weighted by Gasteiger charge is -2.26. The first-order valence-electron chi connectivity index (χ1n) is 8.16. The van der Waals surface area contributed by atoms with Crippen LogP contribution in [0.5, 0.6) is 0 Å². The van der Waals surface area contributed by atoms with Crippen molar-refractivity contribution in [3.63, 3.8) is 0 Å². The van der Waals surface area contributed by atoms with Crippen molar-refractivity contribution in [1.82, 2.24) is 10.3 Å². The minimum Gasteiger partial charge on any atom is -0.455 e. The molecule has 0 fully saturated rings.